The summed E-state index contributed by atoms with van der Waals surface area (Å²) in [5, 5.41) is 5.78. The molecule has 2 fully saturated rings. The van der Waals surface area contributed by atoms with E-state index in [1.54, 1.807) is 11.3 Å². The Kier molecular flexibility index (Phi) is 6.20. The maximum absolute atomic E-state index is 12.7. The number of halogens is 2. The minimum Gasteiger partial charge on any atom is -0.353 e. The average molecular weight is 474 g/mol. The van der Waals surface area contributed by atoms with E-state index in [1.807, 2.05) is 36.4 Å². The molecule has 2 aromatic carbocycles. The first kappa shape index (κ1) is 21.2. The van der Waals surface area contributed by atoms with Crippen LogP contribution in [0, 0.1) is 0 Å². The molecule has 5 rings (SSSR count). The van der Waals surface area contributed by atoms with Crippen LogP contribution >= 0.6 is 34.5 Å². The van der Waals surface area contributed by atoms with Gasteiger partial charge in [-0.2, -0.15) is 0 Å². The van der Waals surface area contributed by atoms with Crippen molar-refractivity contribution < 1.29 is 4.79 Å². The maximum atomic E-state index is 12.7. The van der Waals surface area contributed by atoms with Gasteiger partial charge in [-0.15, -0.1) is 11.3 Å². The summed E-state index contributed by atoms with van der Waals surface area (Å²) >= 11 is 14.3. The number of fused-ring (bicyclic) bond motifs is 3. The maximum Gasteiger partial charge on any atom is 0.224 e. The summed E-state index contributed by atoms with van der Waals surface area (Å²) < 4.78 is 1.15. The van der Waals surface area contributed by atoms with Gasteiger partial charge in [0.25, 0.3) is 0 Å². The molecule has 4 nitrogen and oxygen atoms in total. The molecule has 2 saturated heterocycles. The molecule has 162 valence electrons. The van der Waals surface area contributed by atoms with Gasteiger partial charge in [0.15, 0.2) is 0 Å². The summed E-state index contributed by atoms with van der Waals surface area (Å²) in [5.41, 5.74) is 1.80. The van der Waals surface area contributed by atoms with E-state index >= 15 is 0 Å². The van der Waals surface area contributed by atoms with E-state index in [9.17, 15) is 4.79 Å². The Labute approximate surface area is 196 Å². The van der Waals surface area contributed by atoms with E-state index < -0.39 is 0 Å². The van der Waals surface area contributed by atoms with Gasteiger partial charge in [-0.3, -0.25) is 9.69 Å². The third-order valence-corrected chi connectivity index (χ3v) is 8.21. The van der Waals surface area contributed by atoms with Crippen LogP contribution in [0.15, 0.2) is 42.5 Å². The largest absolute Gasteiger partial charge is 0.353 e. The zero-order valence-corrected chi connectivity index (χ0v) is 19.5. The number of hydrogen-bond acceptors (Lipinski definition) is 4. The van der Waals surface area contributed by atoms with Crippen LogP contribution in [0.1, 0.15) is 42.7 Å². The fourth-order valence-electron chi connectivity index (χ4n) is 5.13. The number of rotatable bonds is 5. The highest BCUT2D eigenvalue weighted by molar-refractivity contribution is 7.18. The van der Waals surface area contributed by atoms with Crippen LogP contribution in [-0.2, 0) is 17.8 Å². The van der Waals surface area contributed by atoms with Crippen molar-refractivity contribution in [2.24, 2.45) is 0 Å². The van der Waals surface area contributed by atoms with Crippen molar-refractivity contribution in [2.45, 2.75) is 63.2 Å². The number of piperidine rings is 2. The molecular weight excluding hydrogens is 449 g/mol. The number of carbonyl (C=O) groups is 1. The van der Waals surface area contributed by atoms with Crippen molar-refractivity contribution >= 4 is 50.7 Å². The van der Waals surface area contributed by atoms with Gasteiger partial charge in [-0.1, -0.05) is 53.9 Å². The Morgan fingerprint density at radius 1 is 1.06 bits per heavy atom. The van der Waals surface area contributed by atoms with Crippen molar-refractivity contribution in [3.8, 4) is 0 Å². The molecule has 2 aliphatic rings. The fourth-order valence-corrected chi connectivity index (χ4v) is 6.61. The van der Waals surface area contributed by atoms with Crippen molar-refractivity contribution in [1.29, 1.82) is 0 Å². The van der Waals surface area contributed by atoms with E-state index in [2.05, 4.69) is 16.3 Å². The monoisotopic (exact) mass is 473 g/mol. The fraction of sp³-hybridized carbons (Fsp3) is 0.417. The molecule has 2 unspecified atom stereocenters. The molecule has 3 heterocycles. The number of nitrogens with one attached hydrogen (secondary N) is 1. The van der Waals surface area contributed by atoms with Gasteiger partial charge in [0, 0.05) is 23.1 Å². The van der Waals surface area contributed by atoms with Gasteiger partial charge in [-0.25, -0.2) is 4.98 Å². The number of benzene rings is 2. The predicted octanol–water partition coefficient (Wildman–Crippen LogP) is 5.85. The van der Waals surface area contributed by atoms with E-state index in [-0.39, 0.29) is 11.9 Å². The highest BCUT2D eigenvalue weighted by Gasteiger charge is 2.39. The lowest BCUT2D eigenvalue weighted by Crippen LogP contribution is -2.56. The third-order valence-electron chi connectivity index (χ3n) is 6.53. The molecule has 1 N–H and O–H groups in total. The van der Waals surface area contributed by atoms with Gasteiger partial charge >= 0.3 is 0 Å². The summed E-state index contributed by atoms with van der Waals surface area (Å²) in [7, 11) is 0. The smallest absolute Gasteiger partial charge is 0.224 e. The summed E-state index contributed by atoms with van der Waals surface area (Å²) in [6, 6.07) is 14.7. The quantitative estimate of drug-likeness (QED) is 0.505. The lowest BCUT2D eigenvalue weighted by Gasteiger charge is -2.48. The lowest BCUT2D eigenvalue weighted by molar-refractivity contribution is -0.122. The number of carbonyl (C=O) groups excluding carboxylic acids is 1. The first-order chi connectivity index (χ1) is 15.1. The Morgan fingerprint density at radius 2 is 1.81 bits per heavy atom. The summed E-state index contributed by atoms with van der Waals surface area (Å²) in [6.45, 7) is 0.866. The Balaban J connectivity index is 1.24. The molecule has 0 aliphatic carbocycles. The van der Waals surface area contributed by atoms with E-state index in [0.717, 1.165) is 45.2 Å². The third kappa shape index (κ3) is 4.61. The number of aromatic nitrogens is 1. The predicted molar refractivity (Wildman–Crippen MR) is 128 cm³/mol. The Bertz CT molecular complexity index is 1090. The molecule has 2 atom stereocenters. The van der Waals surface area contributed by atoms with Crippen molar-refractivity contribution in [3.05, 3.63) is 63.1 Å². The summed E-state index contributed by atoms with van der Waals surface area (Å²) in [6.07, 6.45) is 5.95. The van der Waals surface area contributed by atoms with Crippen LogP contribution in [0.2, 0.25) is 10.0 Å². The van der Waals surface area contributed by atoms with Gasteiger partial charge < -0.3 is 5.32 Å². The first-order valence-corrected chi connectivity index (χ1v) is 12.5. The first-order valence-electron chi connectivity index (χ1n) is 10.9. The number of nitrogens with zero attached hydrogens (tertiary/aromatic N) is 2. The standard InChI is InChI=1S/C24H25Cl2N3OS/c25-19-8-2-1-5-15(19)11-22(30)27-16-12-17-6-3-7-18(13-16)29(17)14-23-28-24-20(26)9-4-10-21(24)31-23/h1-2,4-5,8-10,16-18H,3,6-7,11-14H2,(H,27,30). The van der Waals surface area contributed by atoms with Gasteiger partial charge in [0.1, 0.15) is 10.5 Å². The van der Waals surface area contributed by atoms with Crippen LogP contribution in [0.3, 0.4) is 0 Å². The lowest BCUT2D eigenvalue weighted by atomic mass is 9.81. The average Bonchev–Trinajstić information content (AvgIpc) is 3.14. The van der Waals surface area contributed by atoms with Gasteiger partial charge in [-0.05, 0) is 49.4 Å². The molecule has 0 radical (unpaired) electrons. The van der Waals surface area contributed by atoms with Crippen LogP contribution in [0.4, 0.5) is 0 Å². The van der Waals surface area contributed by atoms with Gasteiger partial charge in [0.05, 0.1) is 22.7 Å². The topological polar surface area (TPSA) is 45.2 Å². The zero-order valence-electron chi connectivity index (χ0n) is 17.2. The summed E-state index contributed by atoms with van der Waals surface area (Å²) in [5.74, 6) is 0.0606. The van der Waals surface area contributed by atoms with Crippen molar-refractivity contribution in [3.63, 3.8) is 0 Å². The number of amides is 1. The van der Waals surface area contributed by atoms with Crippen LogP contribution in [0.5, 0.6) is 0 Å². The Morgan fingerprint density at radius 3 is 2.55 bits per heavy atom. The minimum absolute atomic E-state index is 0.0606. The van der Waals surface area contributed by atoms with Crippen molar-refractivity contribution in [2.75, 3.05) is 0 Å². The summed E-state index contributed by atoms with van der Waals surface area (Å²) in [4.78, 5) is 20.1. The molecule has 7 heteroatoms. The molecule has 31 heavy (non-hydrogen) atoms. The number of para-hydroxylation sites is 1. The van der Waals surface area contributed by atoms with E-state index in [0.29, 0.717) is 23.5 Å². The Hall–Kier alpha value is -1.66. The van der Waals surface area contributed by atoms with E-state index in [4.69, 9.17) is 28.2 Å². The molecule has 1 aromatic heterocycles. The SMILES string of the molecule is O=C(Cc1ccccc1Cl)NC1CC2CCCC(C1)N2Cc1nc2c(Cl)cccc2s1. The van der Waals surface area contributed by atoms with Crippen LogP contribution < -0.4 is 5.32 Å². The molecular formula is C24H25Cl2N3OS. The van der Waals surface area contributed by atoms with Crippen molar-refractivity contribution in [1.82, 2.24) is 15.2 Å². The molecule has 1 amide bonds. The highest BCUT2D eigenvalue weighted by atomic mass is 35.5. The molecule has 2 bridgehead atoms. The second-order valence-electron chi connectivity index (χ2n) is 8.61. The molecule has 0 spiro atoms. The highest BCUT2D eigenvalue weighted by Crippen LogP contribution is 2.37. The second-order valence-corrected chi connectivity index (χ2v) is 10.5. The molecule has 3 aromatic rings. The minimum atomic E-state index is 0.0606. The number of hydrogen-bond donors (Lipinski definition) is 1. The van der Waals surface area contributed by atoms with Gasteiger partial charge in [0.2, 0.25) is 5.91 Å². The van der Waals surface area contributed by atoms with E-state index in [1.165, 1.54) is 19.3 Å². The van der Waals surface area contributed by atoms with Crippen LogP contribution in [-0.4, -0.2) is 33.9 Å². The number of thiazole rings is 1. The normalized spacial score (nSPS) is 23.7. The second kappa shape index (κ2) is 9.07. The molecule has 0 saturated carbocycles. The molecule has 2 aliphatic heterocycles. The van der Waals surface area contributed by atoms with Crippen LogP contribution in [0.25, 0.3) is 10.2 Å². The zero-order chi connectivity index (χ0) is 21.4.